The van der Waals surface area contributed by atoms with Crippen molar-refractivity contribution in [1.29, 1.82) is 0 Å². The van der Waals surface area contributed by atoms with Gasteiger partial charge in [0.2, 0.25) is 0 Å². The molecule has 0 spiro atoms. The second-order valence-corrected chi connectivity index (χ2v) is 5.48. The van der Waals surface area contributed by atoms with Gasteiger partial charge in [-0.2, -0.15) is 0 Å². The first-order chi connectivity index (χ1) is 11.1. The van der Waals surface area contributed by atoms with Crippen LogP contribution in [0.2, 0.25) is 0 Å². The summed E-state index contributed by atoms with van der Waals surface area (Å²) in [5.74, 6) is 5.86. The molecule has 3 aromatic rings. The molecule has 3 nitrogen and oxygen atoms in total. The summed E-state index contributed by atoms with van der Waals surface area (Å²) in [6.45, 7) is 3.53. The maximum Gasteiger partial charge on any atom is 0.345 e. The van der Waals surface area contributed by atoms with Crippen molar-refractivity contribution in [3.8, 4) is 17.6 Å². The zero-order chi connectivity index (χ0) is 16.4. The summed E-state index contributed by atoms with van der Waals surface area (Å²) in [4.78, 5) is 12.6. The number of hydrogen-bond donors (Lipinski definition) is 1. The van der Waals surface area contributed by atoms with Crippen molar-refractivity contribution in [1.82, 2.24) is 0 Å². The summed E-state index contributed by atoms with van der Waals surface area (Å²) in [5.41, 5.74) is -0.178. The van der Waals surface area contributed by atoms with Crippen molar-refractivity contribution >= 4 is 11.0 Å². The number of benzene rings is 2. The summed E-state index contributed by atoms with van der Waals surface area (Å²) >= 11 is 0. The van der Waals surface area contributed by atoms with E-state index in [1.54, 1.807) is 31.2 Å². The highest BCUT2D eigenvalue weighted by molar-refractivity contribution is 5.85. The molecule has 0 aliphatic carbocycles. The van der Waals surface area contributed by atoms with Crippen LogP contribution in [0.3, 0.4) is 0 Å². The lowest BCUT2D eigenvalue weighted by Crippen LogP contribution is -2.28. The minimum atomic E-state index is -0.954. The molecule has 1 atom stereocenters. The molecular weight excluding hydrogens is 288 g/mol. The van der Waals surface area contributed by atoms with E-state index in [2.05, 4.69) is 11.8 Å². The van der Waals surface area contributed by atoms with E-state index in [9.17, 15) is 9.90 Å². The minimum Gasteiger partial charge on any atom is -0.507 e. The third kappa shape index (κ3) is 2.39. The average Bonchev–Trinajstić information content (AvgIpc) is 2.56. The van der Waals surface area contributed by atoms with Crippen LogP contribution in [0, 0.1) is 11.8 Å². The van der Waals surface area contributed by atoms with Crippen molar-refractivity contribution in [2.75, 3.05) is 0 Å². The number of fused-ring (bicyclic) bond motifs is 1. The Bertz CT molecular complexity index is 974. The molecular formula is C20H16O3. The van der Waals surface area contributed by atoms with E-state index in [4.69, 9.17) is 4.42 Å². The number of rotatable bonds is 2. The summed E-state index contributed by atoms with van der Waals surface area (Å²) in [7, 11) is 0. The van der Waals surface area contributed by atoms with E-state index >= 15 is 0 Å². The number of para-hydroxylation sites is 1. The maximum atomic E-state index is 12.6. The molecule has 1 heterocycles. The Morgan fingerprint density at radius 3 is 2.39 bits per heavy atom. The molecule has 2 aromatic carbocycles. The molecule has 0 aliphatic heterocycles. The molecule has 3 rings (SSSR count). The Balaban J connectivity index is 2.40. The third-order valence-corrected chi connectivity index (χ3v) is 4.01. The monoisotopic (exact) mass is 304 g/mol. The third-order valence-electron chi connectivity index (χ3n) is 4.01. The number of aromatic hydroxyl groups is 1. The van der Waals surface area contributed by atoms with Gasteiger partial charge in [-0.1, -0.05) is 48.4 Å². The smallest absolute Gasteiger partial charge is 0.345 e. The van der Waals surface area contributed by atoms with E-state index in [0.717, 1.165) is 5.56 Å². The Kier molecular flexibility index (Phi) is 3.67. The SMILES string of the molecule is CC#CC(C)(c1ccccc1)c1c(O)c2ccccc2oc1=O. The van der Waals surface area contributed by atoms with E-state index in [1.165, 1.54) is 0 Å². The zero-order valence-corrected chi connectivity index (χ0v) is 13.0. The van der Waals surface area contributed by atoms with Gasteiger partial charge < -0.3 is 9.52 Å². The molecule has 1 N–H and O–H groups in total. The fraction of sp³-hybridized carbons (Fsp3) is 0.150. The molecule has 0 bridgehead atoms. The van der Waals surface area contributed by atoms with E-state index < -0.39 is 11.0 Å². The second-order valence-electron chi connectivity index (χ2n) is 5.48. The van der Waals surface area contributed by atoms with Gasteiger partial charge in [0.05, 0.1) is 10.8 Å². The van der Waals surface area contributed by atoms with Crippen molar-refractivity contribution in [2.24, 2.45) is 0 Å². The molecule has 3 heteroatoms. The molecule has 0 amide bonds. The first-order valence-electron chi connectivity index (χ1n) is 7.32. The second kappa shape index (κ2) is 5.66. The average molecular weight is 304 g/mol. The van der Waals surface area contributed by atoms with Gasteiger partial charge in [-0.3, -0.25) is 0 Å². The lowest BCUT2D eigenvalue weighted by Gasteiger charge is -2.24. The standard InChI is InChI=1S/C20H16O3/c1-3-13-20(2,14-9-5-4-6-10-14)17-18(21)15-11-7-8-12-16(15)23-19(17)22/h4-12,21H,1-2H3. The molecule has 0 fully saturated rings. The van der Waals surface area contributed by atoms with Gasteiger partial charge in [0.25, 0.3) is 0 Å². The molecule has 0 aliphatic rings. The number of hydrogen-bond acceptors (Lipinski definition) is 3. The zero-order valence-electron chi connectivity index (χ0n) is 13.0. The molecule has 0 saturated carbocycles. The van der Waals surface area contributed by atoms with E-state index in [0.29, 0.717) is 11.0 Å². The van der Waals surface area contributed by atoms with Crippen molar-refractivity contribution in [3.63, 3.8) is 0 Å². The summed E-state index contributed by atoms with van der Waals surface area (Å²) < 4.78 is 5.40. The Hall–Kier alpha value is -2.99. The maximum absolute atomic E-state index is 12.6. The van der Waals surface area contributed by atoms with Gasteiger partial charge in [-0.25, -0.2) is 4.79 Å². The van der Waals surface area contributed by atoms with Gasteiger partial charge in [0.15, 0.2) is 0 Å². The first-order valence-corrected chi connectivity index (χ1v) is 7.32. The van der Waals surface area contributed by atoms with Crippen LogP contribution in [0.4, 0.5) is 0 Å². The molecule has 1 unspecified atom stereocenters. The van der Waals surface area contributed by atoms with Gasteiger partial charge in [0.1, 0.15) is 16.9 Å². The Labute approximate surface area is 134 Å². The summed E-state index contributed by atoms with van der Waals surface area (Å²) in [5, 5.41) is 11.2. The lowest BCUT2D eigenvalue weighted by atomic mass is 9.76. The van der Waals surface area contributed by atoms with Crippen LogP contribution in [0.15, 0.2) is 63.8 Å². The molecule has 1 aromatic heterocycles. The topological polar surface area (TPSA) is 50.4 Å². The predicted molar refractivity (Wildman–Crippen MR) is 90.5 cm³/mol. The van der Waals surface area contributed by atoms with Gasteiger partial charge in [-0.05, 0) is 31.5 Å². The highest BCUT2D eigenvalue weighted by atomic mass is 16.4. The largest absolute Gasteiger partial charge is 0.507 e. The highest BCUT2D eigenvalue weighted by Gasteiger charge is 2.34. The normalized spacial score (nSPS) is 13.1. The fourth-order valence-corrected chi connectivity index (χ4v) is 2.87. The fourth-order valence-electron chi connectivity index (χ4n) is 2.87. The van der Waals surface area contributed by atoms with Gasteiger partial charge >= 0.3 is 5.63 Å². The summed E-state index contributed by atoms with van der Waals surface area (Å²) in [6.07, 6.45) is 0. The van der Waals surface area contributed by atoms with Crippen LogP contribution in [-0.2, 0) is 5.41 Å². The summed E-state index contributed by atoms with van der Waals surface area (Å²) in [6, 6.07) is 16.4. The van der Waals surface area contributed by atoms with Gasteiger partial charge in [-0.15, -0.1) is 5.92 Å². The quantitative estimate of drug-likeness (QED) is 0.578. The van der Waals surface area contributed by atoms with Crippen LogP contribution < -0.4 is 5.63 Å². The van der Waals surface area contributed by atoms with Crippen molar-refractivity contribution in [3.05, 3.63) is 76.1 Å². The van der Waals surface area contributed by atoms with Crippen LogP contribution >= 0.6 is 0 Å². The van der Waals surface area contributed by atoms with Crippen LogP contribution in [-0.4, -0.2) is 5.11 Å². The Morgan fingerprint density at radius 2 is 1.70 bits per heavy atom. The molecule has 23 heavy (non-hydrogen) atoms. The molecule has 114 valence electrons. The molecule has 0 saturated heterocycles. The van der Waals surface area contributed by atoms with Crippen LogP contribution in [0.25, 0.3) is 11.0 Å². The van der Waals surface area contributed by atoms with E-state index in [-0.39, 0.29) is 11.3 Å². The van der Waals surface area contributed by atoms with E-state index in [1.807, 2.05) is 37.3 Å². The minimum absolute atomic E-state index is 0.0778. The van der Waals surface area contributed by atoms with Crippen molar-refractivity contribution in [2.45, 2.75) is 19.3 Å². The van der Waals surface area contributed by atoms with Crippen LogP contribution in [0.5, 0.6) is 5.75 Å². The van der Waals surface area contributed by atoms with Crippen molar-refractivity contribution < 1.29 is 9.52 Å². The van der Waals surface area contributed by atoms with Gasteiger partial charge in [0, 0.05) is 0 Å². The highest BCUT2D eigenvalue weighted by Crippen LogP contribution is 2.38. The lowest BCUT2D eigenvalue weighted by molar-refractivity contribution is 0.445. The first kappa shape index (κ1) is 14.9. The predicted octanol–water partition coefficient (Wildman–Crippen LogP) is 3.83. The van der Waals surface area contributed by atoms with Crippen LogP contribution in [0.1, 0.15) is 25.0 Å². The Morgan fingerprint density at radius 1 is 1.04 bits per heavy atom. The molecule has 0 radical (unpaired) electrons.